The summed E-state index contributed by atoms with van der Waals surface area (Å²) in [6.45, 7) is 1.89. The summed E-state index contributed by atoms with van der Waals surface area (Å²) >= 11 is 0. The lowest BCUT2D eigenvalue weighted by Gasteiger charge is -2.16. The number of nitrogens with one attached hydrogen (secondary N) is 1. The van der Waals surface area contributed by atoms with Gasteiger partial charge < -0.3 is 9.72 Å². The van der Waals surface area contributed by atoms with Crippen molar-refractivity contribution in [2.45, 2.75) is 24.1 Å². The van der Waals surface area contributed by atoms with Crippen molar-refractivity contribution in [2.75, 3.05) is 14.1 Å². The molecule has 3 aromatic rings. The molecule has 0 aliphatic carbocycles. The normalized spacial score (nSPS) is 15.5. The van der Waals surface area contributed by atoms with Gasteiger partial charge in [0.15, 0.2) is 0 Å². The van der Waals surface area contributed by atoms with Gasteiger partial charge in [0.05, 0.1) is 20.7 Å². The molecule has 1 heterocycles. The number of fused-ring (bicyclic) bond motifs is 1. The fraction of sp³-hybridized carbons (Fsp3) is 0.263. The smallest absolute Gasteiger partial charge is 0.406 e. The van der Waals surface area contributed by atoms with Crippen LogP contribution < -0.4 is 4.74 Å². The van der Waals surface area contributed by atoms with Gasteiger partial charge in [-0.2, -0.15) is 0 Å². The van der Waals surface area contributed by atoms with E-state index in [4.69, 9.17) is 0 Å². The highest BCUT2D eigenvalue weighted by molar-refractivity contribution is 7.98. The van der Waals surface area contributed by atoms with Gasteiger partial charge in [0.2, 0.25) is 0 Å². The molecule has 0 aliphatic heterocycles. The van der Waals surface area contributed by atoms with E-state index in [1.807, 2.05) is 6.92 Å². The van der Waals surface area contributed by atoms with E-state index in [0.29, 0.717) is 16.2 Å². The van der Waals surface area contributed by atoms with E-state index in [1.54, 1.807) is 48.7 Å². The average molecular weight is 411 g/mol. The number of hydrogen-bond acceptors (Lipinski definition) is 3. The lowest BCUT2D eigenvalue weighted by molar-refractivity contribution is -0.274. The fourth-order valence-corrected chi connectivity index (χ4v) is 3.74. The predicted octanol–water partition coefficient (Wildman–Crippen LogP) is 4.17. The maximum absolute atomic E-state index is 12.7. The first-order valence-electron chi connectivity index (χ1n) is 8.37. The second-order valence-electron chi connectivity index (χ2n) is 6.59. The molecule has 150 valence electrons. The summed E-state index contributed by atoms with van der Waals surface area (Å²) < 4.78 is 55.0. The maximum atomic E-state index is 12.7. The third kappa shape index (κ3) is 4.15. The number of nitrogens with zero attached hydrogens (tertiary/aromatic N) is 2. The summed E-state index contributed by atoms with van der Waals surface area (Å²) in [6, 6.07) is 10.9. The molecule has 28 heavy (non-hydrogen) atoms. The number of benzene rings is 2. The van der Waals surface area contributed by atoms with Crippen LogP contribution in [0.2, 0.25) is 0 Å². The first-order chi connectivity index (χ1) is 13.0. The molecule has 0 radical (unpaired) electrons. The topological polar surface area (TPSA) is 58.2 Å². The van der Waals surface area contributed by atoms with Gasteiger partial charge in [0, 0.05) is 10.8 Å². The summed E-state index contributed by atoms with van der Waals surface area (Å²) in [5.74, 6) is 3.99. The summed E-state index contributed by atoms with van der Waals surface area (Å²) in [6.07, 6.45) is -4.72. The molecule has 2 unspecified atom stereocenters. The van der Waals surface area contributed by atoms with Crippen molar-refractivity contribution in [3.05, 3.63) is 53.9 Å². The molecule has 0 saturated carbocycles. The Morgan fingerprint density at radius 2 is 1.82 bits per heavy atom. The van der Waals surface area contributed by atoms with Crippen LogP contribution in [0.4, 0.5) is 13.2 Å². The van der Waals surface area contributed by atoms with Crippen LogP contribution >= 0.6 is 0 Å². The number of aromatic nitrogens is 2. The number of halogens is 3. The van der Waals surface area contributed by atoms with E-state index in [0.717, 1.165) is 11.1 Å². The number of hydrogen-bond donors (Lipinski definition) is 1. The van der Waals surface area contributed by atoms with E-state index in [-0.39, 0.29) is 11.7 Å². The van der Waals surface area contributed by atoms with E-state index in [2.05, 4.69) is 20.6 Å². The summed E-state index contributed by atoms with van der Waals surface area (Å²) in [5, 5.41) is 0. The molecule has 0 amide bonds. The highest BCUT2D eigenvalue weighted by Crippen LogP contribution is 2.29. The molecule has 2 aromatic carbocycles. The Morgan fingerprint density at radius 1 is 1.18 bits per heavy atom. The quantitative estimate of drug-likeness (QED) is 0.642. The van der Waals surface area contributed by atoms with Gasteiger partial charge >= 0.3 is 6.36 Å². The van der Waals surface area contributed by atoms with Crippen LogP contribution in [0.25, 0.3) is 11.0 Å². The predicted molar refractivity (Wildman–Crippen MR) is 104 cm³/mol. The molecule has 0 saturated heterocycles. The molecule has 2 atom stereocenters. The van der Waals surface area contributed by atoms with Gasteiger partial charge in [0.1, 0.15) is 11.6 Å². The molecule has 3 rings (SSSR count). The first-order valence-corrected chi connectivity index (χ1v) is 10.1. The van der Waals surface area contributed by atoms with E-state index in [1.165, 1.54) is 12.1 Å². The van der Waals surface area contributed by atoms with Gasteiger partial charge in [-0.1, -0.05) is 19.1 Å². The van der Waals surface area contributed by atoms with Gasteiger partial charge in [-0.15, -0.1) is 13.2 Å². The van der Waals surface area contributed by atoms with Crippen LogP contribution in [0, 0.1) is 0 Å². The summed E-state index contributed by atoms with van der Waals surface area (Å²) in [5.41, 5.74) is 2.20. The van der Waals surface area contributed by atoms with Crippen molar-refractivity contribution in [1.29, 1.82) is 0 Å². The standard InChI is InChI=1S/C19H20F3N3O2S/c1-12(13-5-7-14(8-6-13)27-19(20,21)22)18-23-16-10-9-15(11-17(16)24-18)28(4,26)25(2)3/h5-12H,4H2,1-3H3,(H,23,24). The highest BCUT2D eigenvalue weighted by Gasteiger charge is 2.31. The minimum atomic E-state index is -4.72. The second-order valence-corrected chi connectivity index (χ2v) is 9.07. The van der Waals surface area contributed by atoms with Crippen LogP contribution in [0.1, 0.15) is 24.2 Å². The van der Waals surface area contributed by atoms with Crippen LogP contribution in [-0.4, -0.2) is 44.8 Å². The van der Waals surface area contributed by atoms with E-state index >= 15 is 0 Å². The van der Waals surface area contributed by atoms with Crippen LogP contribution in [-0.2, 0) is 9.71 Å². The second kappa shape index (κ2) is 7.14. The maximum Gasteiger partial charge on any atom is 0.573 e. The molecule has 1 aromatic heterocycles. The first kappa shape index (κ1) is 20.2. The Bertz CT molecular complexity index is 1090. The Hall–Kier alpha value is -2.52. The third-order valence-electron chi connectivity index (χ3n) is 4.45. The van der Waals surface area contributed by atoms with Gasteiger partial charge in [-0.05, 0) is 55.9 Å². The minimum Gasteiger partial charge on any atom is -0.406 e. The number of aromatic amines is 1. The molecule has 0 fully saturated rings. The van der Waals surface area contributed by atoms with Crippen LogP contribution in [0.15, 0.2) is 47.4 Å². The van der Waals surface area contributed by atoms with Crippen molar-refractivity contribution >= 4 is 26.6 Å². The molecule has 9 heteroatoms. The zero-order valence-corrected chi connectivity index (χ0v) is 16.4. The highest BCUT2D eigenvalue weighted by atomic mass is 32.2. The van der Waals surface area contributed by atoms with Crippen LogP contribution in [0.5, 0.6) is 5.75 Å². The summed E-state index contributed by atoms with van der Waals surface area (Å²) in [7, 11) is 0.830. The molecule has 5 nitrogen and oxygen atoms in total. The Kier molecular flexibility index (Phi) is 5.16. The molecular weight excluding hydrogens is 391 g/mol. The van der Waals surface area contributed by atoms with Crippen molar-refractivity contribution in [3.8, 4) is 5.75 Å². The number of imidazole rings is 1. The molecule has 0 bridgehead atoms. The molecule has 0 spiro atoms. The summed E-state index contributed by atoms with van der Waals surface area (Å²) in [4.78, 5) is 8.33. The Morgan fingerprint density at radius 3 is 2.39 bits per heavy atom. The number of rotatable bonds is 5. The largest absolute Gasteiger partial charge is 0.573 e. The third-order valence-corrected chi connectivity index (χ3v) is 6.62. The van der Waals surface area contributed by atoms with E-state index in [9.17, 15) is 17.4 Å². The van der Waals surface area contributed by atoms with Crippen molar-refractivity contribution in [3.63, 3.8) is 0 Å². The lowest BCUT2D eigenvalue weighted by Crippen LogP contribution is -2.21. The van der Waals surface area contributed by atoms with Gasteiger partial charge in [-0.25, -0.2) is 13.5 Å². The number of alkyl halides is 3. The molecule has 0 aliphatic rings. The molecular formula is C19H20F3N3O2S. The number of H-pyrrole nitrogens is 1. The Balaban J connectivity index is 1.89. The number of ether oxygens (including phenoxy) is 1. The molecule has 1 N–H and O–H groups in total. The fourth-order valence-electron chi connectivity index (χ4n) is 2.74. The van der Waals surface area contributed by atoms with Crippen molar-refractivity contribution in [1.82, 2.24) is 14.3 Å². The minimum absolute atomic E-state index is 0.186. The average Bonchev–Trinajstić information content (AvgIpc) is 3.03. The zero-order valence-electron chi connectivity index (χ0n) is 15.6. The van der Waals surface area contributed by atoms with Crippen molar-refractivity contribution in [2.24, 2.45) is 0 Å². The van der Waals surface area contributed by atoms with Gasteiger partial charge in [-0.3, -0.25) is 0 Å². The monoisotopic (exact) mass is 411 g/mol. The lowest BCUT2D eigenvalue weighted by atomic mass is 10.0. The SMILES string of the molecule is C=S(=O)(c1ccc2nc(C(C)c3ccc(OC(F)(F)F)cc3)[nH]c2c1)N(C)C. The van der Waals surface area contributed by atoms with Crippen molar-refractivity contribution < 1.29 is 22.1 Å². The van der Waals surface area contributed by atoms with Gasteiger partial charge in [0.25, 0.3) is 0 Å². The zero-order chi connectivity index (χ0) is 20.7. The Labute approximate surface area is 161 Å². The van der Waals surface area contributed by atoms with E-state index < -0.39 is 16.1 Å². The van der Waals surface area contributed by atoms with Crippen LogP contribution in [0.3, 0.4) is 0 Å².